The zero-order valence-corrected chi connectivity index (χ0v) is 14.4. The summed E-state index contributed by atoms with van der Waals surface area (Å²) in [5.41, 5.74) is 6.67. The number of hydrogen-bond donors (Lipinski definition) is 1. The number of ether oxygens (including phenoxy) is 3. The van der Waals surface area contributed by atoms with Crippen molar-refractivity contribution in [2.45, 2.75) is 13.0 Å². The first kappa shape index (κ1) is 16.1. The van der Waals surface area contributed by atoms with Crippen LogP contribution in [0.25, 0.3) is 0 Å². The molecule has 6 heteroatoms. The van der Waals surface area contributed by atoms with Gasteiger partial charge in [-0.1, -0.05) is 0 Å². The number of hydrogen-bond acceptors (Lipinski definition) is 5. The van der Waals surface area contributed by atoms with E-state index < -0.39 is 0 Å². The van der Waals surface area contributed by atoms with Crippen LogP contribution in [0.15, 0.2) is 28.1 Å². The van der Waals surface area contributed by atoms with Crippen molar-refractivity contribution < 1.29 is 14.2 Å². The molecule has 0 aliphatic carbocycles. The van der Waals surface area contributed by atoms with Crippen LogP contribution in [0.2, 0.25) is 0 Å². The fraction of sp³-hybridized carbons (Fsp3) is 0.333. The molecule has 0 aliphatic heterocycles. The van der Waals surface area contributed by atoms with Gasteiger partial charge in [0.15, 0.2) is 11.5 Å². The van der Waals surface area contributed by atoms with Gasteiger partial charge in [0, 0.05) is 4.47 Å². The summed E-state index contributed by atoms with van der Waals surface area (Å²) in [5, 5.41) is 2.02. The molecule has 4 nitrogen and oxygen atoms in total. The third-order valence-electron chi connectivity index (χ3n) is 2.99. The number of benzene rings is 1. The van der Waals surface area contributed by atoms with Crippen molar-refractivity contribution in [3.63, 3.8) is 0 Å². The fourth-order valence-electron chi connectivity index (χ4n) is 1.95. The van der Waals surface area contributed by atoms with E-state index >= 15 is 0 Å². The summed E-state index contributed by atoms with van der Waals surface area (Å²) in [5.74, 6) is 1.93. The number of halogens is 1. The van der Waals surface area contributed by atoms with E-state index in [1.165, 1.54) is 0 Å². The first-order chi connectivity index (χ1) is 10.2. The minimum absolute atomic E-state index is 0.460. The molecule has 0 unspecified atom stereocenters. The van der Waals surface area contributed by atoms with E-state index in [0.29, 0.717) is 30.4 Å². The molecule has 1 heterocycles. The van der Waals surface area contributed by atoms with Crippen molar-refractivity contribution in [3.05, 3.63) is 38.5 Å². The first-order valence-electron chi connectivity index (χ1n) is 6.49. The molecule has 0 amide bonds. The van der Waals surface area contributed by atoms with Gasteiger partial charge in [-0.2, -0.15) is 0 Å². The van der Waals surface area contributed by atoms with Gasteiger partial charge in [-0.15, -0.1) is 11.3 Å². The molecule has 2 rings (SSSR count). The Hall–Kier alpha value is -1.24. The largest absolute Gasteiger partial charge is 0.493 e. The van der Waals surface area contributed by atoms with Gasteiger partial charge < -0.3 is 19.9 Å². The molecule has 0 spiro atoms. The lowest BCUT2D eigenvalue weighted by atomic mass is 10.1. The SMILES string of the molecule is COc1cc(CCN)cc(OC)c1OCc1sccc1Br. The summed E-state index contributed by atoms with van der Waals surface area (Å²) in [7, 11) is 3.24. The van der Waals surface area contributed by atoms with Gasteiger partial charge in [0.2, 0.25) is 5.75 Å². The monoisotopic (exact) mass is 371 g/mol. The van der Waals surface area contributed by atoms with Crippen LogP contribution < -0.4 is 19.9 Å². The molecule has 1 aromatic carbocycles. The average Bonchev–Trinajstić information content (AvgIpc) is 2.90. The zero-order valence-electron chi connectivity index (χ0n) is 12.0. The van der Waals surface area contributed by atoms with Crippen molar-refractivity contribution in [2.75, 3.05) is 20.8 Å². The van der Waals surface area contributed by atoms with E-state index in [1.807, 2.05) is 23.6 Å². The summed E-state index contributed by atoms with van der Waals surface area (Å²) in [6, 6.07) is 5.88. The molecule has 0 radical (unpaired) electrons. The molecule has 2 N–H and O–H groups in total. The molecule has 0 atom stereocenters. The standard InChI is InChI=1S/C15H18BrNO3S/c1-18-12-7-10(3-5-17)8-13(19-2)15(12)20-9-14-11(16)4-6-21-14/h4,6-8H,3,5,9,17H2,1-2H3. The number of rotatable bonds is 7. The first-order valence-corrected chi connectivity index (χ1v) is 8.16. The van der Waals surface area contributed by atoms with Gasteiger partial charge in [-0.3, -0.25) is 0 Å². The Morgan fingerprint density at radius 3 is 2.33 bits per heavy atom. The highest BCUT2D eigenvalue weighted by molar-refractivity contribution is 9.10. The van der Waals surface area contributed by atoms with Crippen LogP contribution in [-0.4, -0.2) is 20.8 Å². The second-order valence-electron chi connectivity index (χ2n) is 4.35. The summed E-state index contributed by atoms with van der Waals surface area (Å²) >= 11 is 5.13. The topological polar surface area (TPSA) is 53.7 Å². The van der Waals surface area contributed by atoms with E-state index in [-0.39, 0.29) is 0 Å². The van der Waals surface area contributed by atoms with Crippen LogP contribution in [0.1, 0.15) is 10.4 Å². The molecule has 0 fully saturated rings. The normalized spacial score (nSPS) is 10.5. The maximum Gasteiger partial charge on any atom is 0.203 e. The van der Waals surface area contributed by atoms with Gasteiger partial charge in [-0.05, 0) is 58.0 Å². The highest BCUT2D eigenvalue weighted by Crippen LogP contribution is 2.39. The van der Waals surface area contributed by atoms with Gasteiger partial charge in [0.25, 0.3) is 0 Å². The maximum atomic E-state index is 5.91. The lowest BCUT2D eigenvalue weighted by molar-refractivity contribution is 0.267. The van der Waals surface area contributed by atoms with Crippen molar-refractivity contribution in [2.24, 2.45) is 5.73 Å². The highest BCUT2D eigenvalue weighted by atomic mass is 79.9. The van der Waals surface area contributed by atoms with Crippen molar-refractivity contribution in [1.29, 1.82) is 0 Å². The molecular formula is C15H18BrNO3S. The summed E-state index contributed by atoms with van der Waals surface area (Å²) in [6.07, 6.45) is 0.767. The smallest absolute Gasteiger partial charge is 0.203 e. The fourth-order valence-corrected chi connectivity index (χ4v) is 3.33. The van der Waals surface area contributed by atoms with Gasteiger partial charge in [-0.25, -0.2) is 0 Å². The molecule has 0 saturated heterocycles. The molecule has 0 bridgehead atoms. The number of thiophene rings is 1. The Balaban J connectivity index is 2.26. The Labute approximate surface area is 137 Å². The Kier molecular flexibility index (Phi) is 5.90. The van der Waals surface area contributed by atoms with Crippen LogP contribution in [0, 0.1) is 0 Å². The maximum absolute atomic E-state index is 5.91. The average molecular weight is 372 g/mol. The quantitative estimate of drug-likeness (QED) is 0.807. The van der Waals surface area contributed by atoms with Crippen molar-refractivity contribution in [1.82, 2.24) is 0 Å². The van der Waals surface area contributed by atoms with E-state index in [0.717, 1.165) is 21.3 Å². The summed E-state index contributed by atoms with van der Waals surface area (Å²) in [4.78, 5) is 1.12. The van der Waals surface area contributed by atoms with Crippen molar-refractivity contribution >= 4 is 27.3 Å². The third kappa shape index (κ3) is 3.90. The van der Waals surface area contributed by atoms with Gasteiger partial charge >= 0.3 is 0 Å². The Morgan fingerprint density at radius 2 is 1.86 bits per heavy atom. The third-order valence-corrected chi connectivity index (χ3v) is 4.89. The molecule has 114 valence electrons. The lowest BCUT2D eigenvalue weighted by Gasteiger charge is -2.16. The van der Waals surface area contributed by atoms with Crippen LogP contribution in [0.5, 0.6) is 17.2 Å². The predicted octanol–water partition coefficient (Wildman–Crippen LogP) is 3.61. The van der Waals surface area contributed by atoms with Crippen LogP contribution in [0.4, 0.5) is 0 Å². The second kappa shape index (κ2) is 7.68. The molecular weight excluding hydrogens is 354 g/mol. The Bertz CT molecular complexity index is 575. The van der Waals surface area contributed by atoms with Gasteiger partial charge in [0.1, 0.15) is 6.61 Å². The van der Waals surface area contributed by atoms with E-state index in [4.69, 9.17) is 19.9 Å². The van der Waals surface area contributed by atoms with Gasteiger partial charge in [0.05, 0.1) is 19.1 Å². The Morgan fingerprint density at radius 1 is 1.19 bits per heavy atom. The number of methoxy groups -OCH3 is 2. The highest BCUT2D eigenvalue weighted by Gasteiger charge is 2.15. The lowest BCUT2D eigenvalue weighted by Crippen LogP contribution is -2.05. The number of nitrogens with two attached hydrogens (primary N) is 1. The second-order valence-corrected chi connectivity index (χ2v) is 6.20. The molecule has 21 heavy (non-hydrogen) atoms. The minimum Gasteiger partial charge on any atom is -0.493 e. The van der Waals surface area contributed by atoms with E-state index in [9.17, 15) is 0 Å². The van der Waals surface area contributed by atoms with Crippen LogP contribution in [0.3, 0.4) is 0 Å². The van der Waals surface area contributed by atoms with Crippen LogP contribution >= 0.6 is 27.3 Å². The van der Waals surface area contributed by atoms with E-state index in [1.54, 1.807) is 25.6 Å². The molecule has 2 aromatic rings. The zero-order chi connectivity index (χ0) is 15.2. The van der Waals surface area contributed by atoms with Crippen LogP contribution in [-0.2, 0) is 13.0 Å². The molecule has 0 aliphatic rings. The van der Waals surface area contributed by atoms with Crippen molar-refractivity contribution in [3.8, 4) is 17.2 Å². The molecule has 1 aromatic heterocycles. The van der Waals surface area contributed by atoms with E-state index in [2.05, 4.69) is 15.9 Å². The summed E-state index contributed by atoms with van der Waals surface area (Å²) < 4.78 is 17.8. The summed E-state index contributed by atoms with van der Waals surface area (Å²) in [6.45, 7) is 1.04. The molecule has 0 saturated carbocycles. The predicted molar refractivity (Wildman–Crippen MR) is 88.7 cm³/mol. The minimum atomic E-state index is 0.460.